The lowest BCUT2D eigenvalue weighted by molar-refractivity contribution is 0.324. The second-order valence-corrected chi connectivity index (χ2v) is 5.80. The van der Waals surface area contributed by atoms with E-state index in [0.29, 0.717) is 39.0 Å². The molecule has 0 unspecified atom stereocenters. The van der Waals surface area contributed by atoms with Crippen LogP contribution in [0.1, 0.15) is 5.56 Å². The minimum Gasteiger partial charge on any atom is -0.508 e. The molecule has 0 aliphatic rings. The maximum atomic E-state index is 9.57. The highest BCUT2D eigenvalue weighted by Gasteiger charge is 2.17. The van der Waals surface area contributed by atoms with Gasteiger partial charge >= 0.3 is 0 Å². The molecule has 0 spiro atoms. The van der Waals surface area contributed by atoms with Gasteiger partial charge in [-0.05, 0) is 42.0 Å². The van der Waals surface area contributed by atoms with Gasteiger partial charge in [-0.3, -0.25) is 0 Å². The third-order valence-corrected chi connectivity index (χ3v) is 4.03. The minimum absolute atomic E-state index is 0.152. The van der Waals surface area contributed by atoms with Gasteiger partial charge in [0, 0.05) is 5.56 Å². The van der Waals surface area contributed by atoms with Gasteiger partial charge in [0.15, 0.2) is 17.3 Å². The summed E-state index contributed by atoms with van der Waals surface area (Å²) in [7, 11) is 4.62. The highest BCUT2D eigenvalue weighted by molar-refractivity contribution is 7.71. The van der Waals surface area contributed by atoms with Crippen LogP contribution in [0.3, 0.4) is 0 Å². The average Bonchev–Trinajstić information content (AvgIpc) is 3.05. The van der Waals surface area contributed by atoms with Crippen molar-refractivity contribution in [3.63, 3.8) is 0 Å². The van der Waals surface area contributed by atoms with Crippen molar-refractivity contribution in [2.24, 2.45) is 5.10 Å². The number of ether oxygens (including phenoxy) is 3. The van der Waals surface area contributed by atoms with Crippen molar-refractivity contribution < 1.29 is 19.3 Å². The lowest BCUT2D eigenvalue weighted by Crippen LogP contribution is -1.99. The topological polar surface area (TPSA) is 93.9 Å². The normalized spacial score (nSPS) is 10.9. The number of phenols is 1. The van der Waals surface area contributed by atoms with Gasteiger partial charge in [-0.1, -0.05) is 12.1 Å². The molecule has 1 aromatic heterocycles. The molecule has 9 heteroatoms. The van der Waals surface area contributed by atoms with Gasteiger partial charge in [-0.2, -0.15) is 14.9 Å². The summed E-state index contributed by atoms with van der Waals surface area (Å²) < 4.78 is 17.9. The Morgan fingerprint density at radius 1 is 1.11 bits per heavy atom. The van der Waals surface area contributed by atoms with E-state index in [0.717, 1.165) is 0 Å². The number of hydrogen-bond acceptors (Lipinski definition) is 7. The maximum Gasteiger partial charge on any atom is 0.216 e. The number of aromatic hydroxyl groups is 1. The molecule has 140 valence electrons. The zero-order valence-electron chi connectivity index (χ0n) is 15.0. The Morgan fingerprint density at radius 3 is 2.41 bits per heavy atom. The molecule has 1 heterocycles. The number of nitrogens with one attached hydrogen (secondary N) is 1. The molecule has 0 saturated carbocycles. The van der Waals surface area contributed by atoms with E-state index >= 15 is 0 Å². The van der Waals surface area contributed by atoms with Crippen LogP contribution < -0.4 is 14.2 Å². The first kappa shape index (κ1) is 18.5. The van der Waals surface area contributed by atoms with E-state index in [4.69, 9.17) is 26.4 Å². The number of H-pyrrole nitrogens is 1. The van der Waals surface area contributed by atoms with Gasteiger partial charge < -0.3 is 19.3 Å². The summed E-state index contributed by atoms with van der Waals surface area (Å²) >= 11 is 5.28. The molecule has 3 rings (SSSR count). The average molecular weight is 386 g/mol. The first-order valence-electron chi connectivity index (χ1n) is 7.88. The smallest absolute Gasteiger partial charge is 0.216 e. The number of phenolic OH excluding ortho intramolecular Hbond substituents is 1. The van der Waals surface area contributed by atoms with Gasteiger partial charge in [-0.25, -0.2) is 5.10 Å². The SMILES string of the molecule is COc1cc(-c2n[nH]c(=S)n2/N=C/c2cccc(O)c2)cc(OC)c1OC. The lowest BCUT2D eigenvalue weighted by Gasteiger charge is -2.13. The van der Waals surface area contributed by atoms with Gasteiger partial charge in [0.2, 0.25) is 10.5 Å². The van der Waals surface area contributed by atoms with Crippen molar-refractivity contribution >= 4 is 18.4 Å². The molecule has 0 aliphatic heterocycles. The quantitative estimate of drug-likeness (QED) is 0.499. The minimum atomic E-state index is 0.152. The second kappa shape index (κ2) is 7.92. The Labute approximate surface area is 160 Å². The molecule has 2 N–H and O–H groups in total. The van der Waals surface area contributed by atoms with Crippen molar-refractivity contribution in [2.45, 2.75) is 0 Å². The Hall–Kier alpha value is -3.33. The fourth-order valence-electron chi connectivity index (χ4n) is 2.53. The monoisotopic (exact) mass is 386 g/mol. The van der Waals surface area contributed by atoms with Crippen LogP contribution in [0.4, 0.5) is 0 Å². The Morgan fingerprint density at radius 2 is 1.81 bits per heavy atom. The van der Waals surface area contributed by atoms with E-state index in [2.05, 4.69) is 15.3 Å². The standard InChI is InChI=1S/C18H18N4O4S/c1-24-14-8-12(9-15(25-2)16(14)26-3)17-20-21-18(27)22(17)19-10-11-5-4-6-13(23)7-11/h4-10,23H,1-3H3,(H,21,27)/b19-10+. The number of aromatic nitrogens is 3. The van der Waals surface area contributed by atoms with Crippen molar-refractivity contribution in [3.05, 3.63) is 46.7 Å². The molecule has 2 aromatic carbocycles. The number of benzene rings is 2. The zero-order valence-corrected chi connectivity index (χ0v) is 15.8. The van der Waals surface area contributed by atoms with E-state index in [-0.39, 0.29) is 5.75 Å². The molecule has 0 saturated heterocycles. The third-order valence-electron chi connectivity index (χ3n) is 3.77. The van der Waals surface area contributed by atoms with Crippen LogP contribution in [0.5, 0.6) is 23.0 Å². The van der Waals surface area contributed by atoms with Gasteiger partial charge in [-0.15, -0.1) is 0 Å². The summed E-state index contributed by atoms with van der Waals surface area (Å²) in [6.45, 7) is 0. The van der Waals surface area contributed by atoms with Crippen molar-refractivity contribution in [1.82, 2.24) is 14.9 Å². The summed E-state index contributed by atoms with van der Waals surface area (Å²) in [5, 5.41) is 20.9. The maximum absolute atomic E-state index is 9.57. The molecule has 0 atom stereocenters. The fraction of sp³-hybridized carbons (Fsp3) is 0.167. The highest BCUT2D eigenvalue weighted by atomic mass is 32.1. The predicted octanol–water partition coefficient (Wildman–Crippen LogP) is 3.22. The molecular weight excluding hydrogens is 368 g/mol. The van der Waals surface area contributed by atoms with E-state index in [9.17, 15) is 5.11 Å². The number of methoxy groups -OCH3 is 3. The summed E-state index contributed by atoms with van der Waals surface area (Å²) in [6, 6.07) is 10.2. The third kappa shape index (κ3) is 3.77. The highest BCUT2D eigenvalue weighted by Crippen LogP contribution is 2.40. The van der Waals surface area contributed by atoms with E-state index < -0.39 is 0 Å². The first-order chi connectivity index (χ1) is 13.1. The van der Waals surface area contributed by atoms with Gasteiger partial charge in [0.05, 0.1) is 27.5 Å². The van der Waals surface area contributed by atoms with Gasteiger partial charge in [0.25, 0.3) is 0 Å². The van der Waals surface area contributed by atoms with Crippen LogP contribution in [-0.4, -0.2) is 47.5 Å². The predicted molar refractivity (Wildman–Crippen MR) is 104 cm³/mol. The fourth-order valence-corrected chi connectivity index (χ4v) is 2.70. The number of nitrogens with zero attached hydrogens (tertiary/aromatic N) is 3. The van der Waals surface area contributed by atoms with Crippen LogP contribution >= 0.6 is 12.2 Å². The van der Waals surface area contributed by atoms with Crippen molar-refractivity contribution in [3.8, 4) is 34.4 Å². The molecule has 0 amide bonds. The number of aromatic amines is 1. The molecule has 0 aliphatic carbocycles. The van der Waals surface area contributed by atoms with Crippen LogP contribution in [0, 0.1) is 4.77 Å². The van der Waals surface area contributed by atoms with E-state index in [1.807, 2.05) is 6.07 Å². The van der Waals surface area contributed by atoms with E-state index in [1.54, 1.807) is 36.5 Å². The summed E-state index contributed by atoms with van der Waals surface area (Å²) in [4.78, 5) is 0. The summed E-state index contributed by atoms with van der Waals surface area (Å²) in [6.07, 6.45) is 1.58. The zero-order chi connectivity index (χ0) is 19.4. The van der Waals surface area contributed by atoms with Crippen LogP contribution in [0.2, 0.25) is 0 Å². The molecule has 0 bridgehead atoms. The Bertz CT molecular complexity index is 1020. The Kier molecular flexibility index (Phi) is 5.41. The molecule has 27 heavy (non-hydrogen) atoms. The molecule has 8 nitrogen and oxygen atoms in total. The number of rotatable bonds is 6. The molecule has 3 aromatic rings. The van der Waals surface area contributed by atoms with Crippen LogP contribution in [0.25, 0.3) is 11.4 Å². The largest absolute Gasteiger partial charge is 0.508 e. The summed E-state index contributed by atoms with van der Waals surface area (Å²) in [5.41, 5.74) is 1.39. The van der Waals surface area contributed by atoms with Crippen LogP contribution in [0.15, 0.2) is 41.5 Å². The number of hydrogen-bond donors (Lipinski definition) is 2. The van der Waals surface area contributed by atoms with Crippen LogP contribution in [-0.2, 0) is 0 Å². The van der Waals surface area contributed by atoms with Crippen molar-refractivity contribution in [2.75, 3.05) is 21.3 Å². The van der Waals surface area contributed by atoms with E-state index in [1.165, 1.54) is 26.0 Å². The second-order valence-electron chi connectivity index (χ2n) is 5.42. The molecule has 0 fully saturated rings. The molecular formula is C18H18N4O4S. The van der Waals surface area contributed by atoms with Crippen molar-refractivity contribution in [1.29, 1.82) is 0 Å². The summed E-state index contributed by atoms with van der Waals surface area (Å²) in [5.74, 6) is 2.08. The Balaban J connectivity index is 2.08. The lowest BCUT2D eigenvalue weighted by atomic mass is 10.1. The first-order valence-corrected chi connectivity index (χ1v) is 8.29. The molecule has 0 radical (unpaired) electrons. The van der Waals surface area contributed by atoms with Gasteiger partial charge in [0.1, 0.15) is 5.75 Å².